The molecule has 2 N–H and O–H groups in total. The summed E-state index contributed by atoms with van der Waals surface area (Å²) in [4.78, 5) is 15.5. The topological polar surface area (TPSA) is 74.4 Å². The number of pyridine rings is 1. The number of aromatic nitrogens is 1. The number of carbonyl (C=O) groups excluding carboxylic acids is 1. The lowest BCUT2D eigenvalue weighted by Gasteiger charge is -2.25. The van der Waals surface area contributed by atoms with Gasteiger partial charge in [-0.2, -0.15) is 0 Å². The summed E-state index contributed by atoms with van der Waals surface area (Å²) in [7, 11) is 1.33. The Hall–Kier alpha value is -1.27. The largest absolute Gasteiger partial charge is 0.464 e. The van der Waals surface area contributed by atoms with Gasteiger partial charge < -0.3 is 15.2 Å². The number of methoxy groups -OCH3 is 1. The zero-order valence-corrected chi connectivity index (χ0v) is 9.62. The van der Waals surface area contributed by atoms with Crippen LogP contribution in [-0.4, -0.2) is 36.5 Å². The van der Waals surface area contributed by atoms with Gasteiger partial charge in [-0.15, -0.1) is 0 Å². The van der Waals surface area contributed by atoms with Crippen LogP contribution < -0.4 is 5.73 Å². The maximum Gasteiger partial charge on any atom is 0.356 e. The summed E-state index contributed by atoms with van der Waals surface area (Å²) in [6.45, 7) is 1.41. The van der Waals surface area contributed by atoms with Crippen molar-refractivity contribution < 1.29 is 14.3 Å². The lowest BCUT2D eigenvalue weighted by atomic mass is 10.3. The quantitative estimate of drug-likeness (QED) is 0.793. The van der Waals surface area contributed by atoms with Crippen molar-refractivity contribution in [2.45, 2.75) is 10.3 Å². The maximum absolute atomic E-state index is 11.3. The number of nitrogens with zero attached hydrogens (tertiary/aromatic N) is 1. The van der Waals surface area contributed by atoms with Crippen LogP contribution in [0.4, 0.5) is 5.69 Å². The van der Waals surface area contributed by atoms with E-state index < -0.39 is 5.97 Å². The molecule has 0 bridgehead atoms. The van der Waals surface area contributed by atoms with Crippen molar-refractivity contribution in [3.63, 3.8) is 0 Å². The number of thioether (sulfide) groups is 1. The number of hydrogen-bond donors (Lipinski definition) is 1. The Labute approximate surface area is 97.3 Å². The van der Waals surface area contributed by atoms with Crippen LogP contribution in [-0.2, 0) is 9.47 Å². The van der Waals surface area contributed by atoms with Crippen LogP contribution in [0.3, 0.4) is 0 Å². The molecule has 1 fully saturated rings. The monoisotopic (exact) mass is 240 g/mol. The Bertz CT molecular complexity index is 407. The zero-order valence-electron chi connectivity index (χ0n) is 8.80. The van der Waals surface area contributed by atoms with Crippen LogP contribution >= 0.6 is 11.8 Å². The van der Waals surface area contributed by atoms with E-state index in [1.54, 1.807) is 12.1 Å². The first-order valence-corrected chi connectivity index (χ1v) is 5.68. The van der Waals surface area contributed by atoms with Crippen molar-refractivity contribution >= 4 is 23.4 Å². The van der Waals surface area contributed by atoms with Crippen molar-refractivity contribution in [2.75, 3.05) is 26.1 Å². The molecule has 0 aromatic carbocycles. The predicted octanol–water partition coefficient (Wildman–Crippen LogP) is 0.941. The lowest BCUT2D eigenvalue weighted by molar-refractivity contribution is 0.0455. The van der Waals surface area contributed by atoms with Crippen molar-refractivity contribution in [3.8, 4) is 0 Å². The van der Waals surface area contributed by atoms with Crippen LogP contribution in [0.2, 0.25) is 0 Å². The third-order valence-corrected chi connectivity index (χ3v) is 3.33. The second-order valence-electron chi connectivity index (χ2n) is 3.36. The highest BCUT2D eigenvalue weighted by Crippen LogP contribution is 2.30. The number of ether oxygens (including phenoxy) is 2. The van der Waals surface area contributed by atoms with Gasteiger partial charge in [0.1, 0.15) is 10.7 Å². The third-order valence-electron chi connectivity index (χ3n) is 2.17. The second-order valence-corrected chi connectivity index (χ2v) is 4.65. The number of hydrogen-bond acceptors (Lipinski definition) is 6. The van der Waals surface area contributed by atoms with E-state index in [0.717, 1.165) is 0 Å². The van der Waals surface area contributed by atoms with Crippen LogP contribution in [0.15, 0.2) is 17.2 Å². The maximum atomic E-state index is 11.3. The molecule has 6 heteroatoms. The average Bonchev–Trinajstić information content (AvgIpc) is 2.24. The molecule has 0 spiro atoms. The number of rotatable bonds is 3. The van der Waals surface area contributed by atoms with E-state index in [4.69, 9.17) is 10.5 Å². The fourth-order valence-electron chi connectivity index (χ4n) is 1.20. The molecule has 2 heterocycles. The molecule has 0 atom stereocenters. The van der Waals surface area contributed by atoms with Gasteiger partial charge in [-0.25, -0.2) is 9.78 Å². The highest BCUT2D eigenvalue weighted by atomic mass is 32.2. The second kappa shape index (κ2) is 4.71. The van der Waals surface area contributed by atoms with Crippen molar-refractivity contribution in [2.24, 2.45) is 0 Å². The van der Waals surface area contributed by atoms with Gasteiger partial charge in [-0.1, -0.05) is 11.8 Å². The Morgan fingerprint density at radius 3 is 2.94 bits per heavy atom. The fraction of sp³-hybridized carbons (Fsp3) is 0.400. The summed E-state index contributed by atoms with van der Waals surface area (Å²) in [5.74, 6) is -0.452. The van der Waals surface area contributed by atoms with Gasteiger partial charge >= 0.3 is 5.97 Å². The Morgan fingerprint density at radius 2 is 2.38 bits per heavy atom. The molecule has 1 aliphatic heterocycles. The lowest BCUT2D eigenvalue weighted by Crippen LogP contribution is -2.30. The molecule has 2 rings (SSSR count). The van der Waals surface area contributed by atoms with E-state index in [-0.39, 0.29) is 5.69 Å². The number of anilines is 1. The van der Waals surface area contributed by atoms with Gasteiger partial charge in [0.2, 0.25) is 0 Å². The summed E-state index contributed by atoms with van der Waals surface area (Å²) in [6.07, 6.45) is 0. The van der Waals surface area contributed by atoms with Crippen LogP contribution in [0, 0.1) is 0 Å². The van der Waals surface area contributed by atoms with Gasteiger partial charge in [0.05, 0.1) is 31.3 Å². The van der Waals surface area contributed by atoms with E-state index in [1.165, 1.54) is 18.9 Å². The third kappa shape index (κ3) is 2.28. The number of nitrogens with two attached hydrogens (primary N) is 1. The highest BCUT2D eigenvalue weighted by Gasteiger charge is 2.22. The molecule has 0 radical (unpaired) electrons. The molecule has 0 saturated carbocycles. The van der Waals surface area contributed by atoms with E-state index in [9.17, 15) is 4.79 Å². The Morgan fingerprint density at radius 1 is 1.62 bits per heavy atom. The van der Waals surface area contributed by atoms with E-state index >= 15 is 0 Å². The van der Waals surface area contributed by atoms with E-state index in [2.05, 4.69) is 9.72 Å². The molecule has 0 unspecified atom stereocenters. The molecule has 5 nitrogen and oxygen atoms in total. The molecule has 1 aromatic rings. The van der Waals surface area contributed by atoms with E-state index in [1.807, 2.05) is 0 Å². The van der Waals surface area contributed by atoms with Crippen molar-refractivity contribution in [3.05, 3.63) is 17.8 Å². The number of esters is 1. The first kappa shape index (κ1) is 11.2. The summed E-state index contributed by atoms with van der Waals surface area (Å²) in [5, 5.41) is 1.04. The Balaban J connectivity index is 2.17. The average molecular weight is 240 g/mol. The van der Waals surface area contributed by atoms with Gasteiger partial charge in [-0.05, 0) is 12.1 Å². The molecular formula is C10H12N2O3S. The molecule has 16 heavy (non-hydrogen) atoms. The SMILES string of the molecule is COC(=O)c1ccc(N)c(SC2COC2)n1. The number of carbonyl (C=O) groups is 1. The van der Waals surface area contributed by atoms with Crippen LogP contribution in [0.25, 0.3) is 0 Å². The molecule has 86 valence electrons. The predicted molar refractivity (Wildman–Crippen MR) is 60.5 cm³/mol. The smallest absolute Gasteiger partial charge is 0.356 e. The van der Waals surface area contributed by atoms with Gasteiger partial charge in [0.15, 0.2) is 0 Å². The standard InChI is InChI=1S/C10H12N2O3S/c1-14-10(13)8-3-2-7(11)9(12-8)16-6-4-15-5-6/h2-3,6H,4-5,11H2,1H3. The highest BCUT2D eigenvalue weighted by molar-refractivity contribution is 8.00. The first-order valence-electron chi connectivity index (χ1n) is 4.80. The minimum atomic E-state index is -0.452. The minimum absolute atomic E-state index is 0.277. The summed E-state index contributed by atoms with van der Waals surface area (Å²) < 4.78 is 9.66. The summed E-state index contributed by atoms with van der Waals surface area (Å²) in [5.41, 5.74) is 6.63. The van der Waals surface area contributed by atoms with Gasteiger partial charge in [0, 0.05) is 0 Å². The Kier molecular flexibility index (Phi) is 3.31. The summed E-state index contributed by atoms with van der Waals surface area (Å²) >= 11 is 1.53. The molecule has 0 amide bonds. The molecule has 1 aromatic heterocycles. The fourth-order valence-corrected chi connectivity index (χ4v) is 2.20. The minimum Gasteiger partial charge on any atom is -0.464 e. The molecular weight excluding hydrogens is 228 g/mol. The summed E-state index contributed by atoms with van der Waals surface area (Å²) in [6, 6.07) is 3.23. The molecule has 1 saturated heterocycles. The number of nitrogen functional groups attached to an aromatic ring is 1. The zero-order chi connectivity index (χ0) is 11.5. The first-order chi connectivity index (χ1) is 7.70. The van der Waals surface area contributed by atoms with Crippen molar-refractivity contribution in [1.29, 1.82) is 0 Å². The normalized spacial score (nSPS) is 15.6. The van der Waals surface area contributed by atoms with Crippen LogP contribution in [0.5, 0.6) is 0 Å². The van der Waals surface area contributed by atoms with Crippen LogP contribution in [0.1, 0.15) is 10.5 Å². The van der Waals surface area contributed by atoms with Gasteiger partial charge in [0.25, 0.3) is 0 Å². The van der Waals surface area contributed by atoms with E-state index in [0.29, 0.717) is 29.2 Å². The van der Waals surface area contributed by atoms with Crippen molar-refractivity contribution in [1.82, 2.24) is 4.98 Å². The molecule has 0 aliphatic carbocycles. The molecule has 1 aliphatic rings. The van der Waals surface area contributed by atoms with Gasteiger partial charge in [-0.3, -0.25) is 0 Å².